The minimum atomic E-state index is -0.335. The highest BCUT2D eigenvalue weighted by atomic mass is 19.1. The van der Waals surface area contributed by atoms with Gasteiger partial charge < -0.3 is 9.42 Å². The van der Waals surface area contributed by atoms with Crippen LogP contribution in [0.4, 0.5) is 4.39 Å². The fourth-order valence-corrected chi connectivity index (χ4v) is 2.98. The third-order valence-corrected chi connectivity index (χ3v) is 4.31. The lowest BCUT2D eigenvalue weighted by atomic mass is 9.91. The fraction of sp³-hybridized carbons (Fsp3) is 0.526. The summed E-state index contributed by atoms with van der Waals surface area (Å²) in [6.45, 7) is 9.77. The van der Waals surface area contributed by atoms with Crippen LogP contribution < -0.4 is 0 Å². The molecule has 1 aliphatic rings. The van der Waals surface area contributed by atoms with Crippen LogP contribution in [0, 0.1) is 11.2 Å². The largest absolute Gasteiger partial charge is 0.340 e. The van der Waals surface area contributed by atoms with Crippen LogP contribution in [0.3, 0.4) is 0 Å². The summed E-state index contributed by atoms with van der Waals surface area (Å²) >= 11 is 0. The Kier molecular flexibility index (Phi) is 5.36. The SMILES string of the molecule is CC(C)(C)CC(=O)N1CCN(Cc2noc(-c3cccc(F)c3)n2)CC1. The molecule has 26 heavy (non-hydrogen) atoms. The van der Waals surface area contributed by atoms with Gasteiger partial charge in [-0.2, -0.15) is 4.98 Å². The molecule has 0 atom stereocenters. The summed E-state index contributed by atoms with van der Waals surface area (Å²) in [5, 5.41) is 3.99. The molecular weight excluding hydrogens is 335 g/mol. The van der Waals surface area contributed by atoms with Gasteiger partial charge >= 0.3 is 0 Å². The van der Waals surface area contributed by atoms with E-state index >= 15 is 0 Å². The summed E-state index contributed by atoms with van der Waals surface area (Å²) in [5.74, 6) is 0.764. The molecule has 3 rings (SSSR count). The molecule has 7 heteroatoms. The van der Waals surface area contributed by atoms with Gasteiger partial charge in [0.25, 0.3) is 5.89 Å². The quantitative estimate of drug-likeness (QED) is 0.839. The summed E-state index contributed by atoms with van der Waals surface area (Å²) in [6, 6.07) is 6.10. The van der Waals surface area contributed by atoms with Crippen LogP contribution in [0.2, 0.25) is 0 Å². The number of carbonyl (C=O) groups is 1. The molecule has 1 aliphatic heterocycles. The maximum absolute atomic E-state index is 13.3. The van der Waals surface area contributed by atoms with E-state index in [1.807, 2.05) is 4.90 Å². The molecular formula is C19H25FN4O2. The fourth-order valence-electron chi connectivity index (χ4n) is 2.98. The monoisotopic (exact) mass is 360 g/mol. The smallest absolute Gasteiger partial charge is 0.258 e. The van der Waals surface area contributed by atoms with Crippen molar-refractivity contribution >= 4 is 5.91 Å². The van der Waals surface area contributed by atoms with Crippen molar-refractivity contribution in [3.05, 3.63) is 35.9 Å². The van der Waals surface area contributed by atoms with Gasteiger partial charge in [0.15, 0.2) is 5.82 Å². The van der Waals surface area contributed by atoms with Crippen LogP contribution >= 0.6 is 0 Å². The Morgan fingerprint density at radius 2 is 1.96 bits per heavy atom. The van der Waals surface area contributed by atoms with Gasteiger partial charge in [0.1, 0.15) is 5.82 Å². The first-order valence-electron chi connectivity index (χ1n) is 8.89. The lowest BCUT2D eigenvalue weighted by Gasteiger charge is -2.35. The van der Waals surface area contributed by atoms with Gasteiger partial charge in [-0.05, 0) is 23.6 Å². The zero-order valence-electron chi connectivity index (χ0n) is 15.5. The normalized spacial score (nSPS) is 16.1. The standard InChI is InChI=1S/C19H25FN4O2/c1-19(2,3)12-17(25)24-9-7-23(8-10-24)13-16-21-18(26-22-16)14-5-4-6-15(20)11-14/h4-6,11H,7-10,12-13H2,1-3H3. The van der Waals surface area contributed by atoms with Crippen molar-refractivity contribution in [2.75, 3.05) is 26.2 Å². The summed E-state index contributed by atoms with van der Waals surface area (Å²) in [6.07, 6.45) is 0.564. The molecule has 0 spiro atoms. The van der Waals surface area contributed by atoms with Crippen molar-refractivity contribution < 1.29 is 13.7 Å². The molecule has 0 N–H and O–H groups in total. The molecule has 1 aromatic heterocycles. The zero-order chi connectivity index (χ0) is 18.7. The molecule has 0 aliphatic carbocycles. The van der Waals surface area contributed by atoms with E-state index < -0.39 is 0 Å². The lowest BCUT2D eigenvalue weighted by Crippen LogP contribution is -2.49. The minimum absolute atomic E-state index is 0.00611. The molecule has 1 fully saturated rings. The number of aromatic nitrogens is 2. The maximum Gasteiger partial charge on any atom is 0.258 e. The van der Waals surface area contributed by atoms with Crippen LogP contribution in [0.1, 0.15) is 33.0 Å². The Morgan fingerprint density at radius 1 is 1.23 bits per heavy atom. The third kappa shape index (κ3) is 4.88. The highest BCUT2D eigenvalue weighted by Gasteiger charge is 2.25. The molecule has 2 heterocycles. The van der Waals surface area contributed by atoms with Crippen molar-refractivity contribution in [1.29, 1.82) is 0 Å². The zero-order valence-corrected chi connectivity index (χ0v) is 15.5. The van der Waals surface area contributed by atoms with Crippen LogP contribution in [0.15, 0.2) is 28.8 Å². The van der Waals surface area contributed by atoms with Crippen LogP contribution in [-0.2, 0) is 11.3 Å². The second-order valence-electron chi connectivity index (χ2n) is 7.92. The van der Waals surface area contributed by atoms with E-state index in [4.69, 9.17) is 4.52 Å². The van der Waals surface area contributed by atoms with Crippen molar-refractivity contribution in [2.24, 2.45) is 5.41 Å². The third-order valence-electron chi connectivity index (χ3n) is 4.31. The van der Waals surface area contributed by atoms with Crippen LogP contribution in [-0.4, -0.2) is 52.0 Å². The molecule has 140 valence electrons. The van der Waals surface area contributed by atoms with Gasteiger partial charge in [-0.3, -0.25) is 9.69 Å². The first kappa shape index (κ1) is 18.5. The highest BCUT2D eigenvalue weighted by Crippen LogP contribution is 2.21. The number of amides is 1. The Hall–Kier alpha value is -2.28. The van der Waals surface area contributed by atoms with Crippen LogP contribution in [0.25, 0.3) is 11.5 Å². The predicted octanol–water partition coefficient (Wildman–Crippen LogP) is 2.96. The average molecular weight is 360 g/mol. The number of nitrogens with zero attached hydrogens (tertiary/aromatic N) is 4. The van der Waals surface area contributed by atoms with Gasteiger partial charge in [-0.1, -0.05) is 32.0 Å². The van der Waals surface area contributed by atoms with Gasteiger partial charge in [-0.15, -0.1) is 0 Å². The molecule has 0 saturated carbocycles. The number of piperazine rings is 1. The summed E-state index contributed by atoms with van der Waals surface area (Å²) in [4.78, 5) is 20.8. The number of benzene rings is 1. The van der Waals surface area contributed by atoms with E-state index in [0.717, 1.165) is 13.1 Å². The Bertz CT molecular complexity index is 761. The maximum atomic E-state index is 13.3. The van der Waals surface area contributed by atoms with E-state index in [0.29, 0.717) is 43.3 Å². The molecule has 0 radical (unpaired) electrons. The molecule has 1 amide bonds. The van der Waals surface area contributed by atoms with E-state index in [9.17, 15) is 9.18 Å². The number of halogens is 1. The van der Waals surface area contributed by atoms with E-state index in [-0.39, 0.29) is 17.1 Å². The molecule has 1 aromatic carbocycles. The lowest BCUT2D eigenvalue weighted by molar-refractivity contribution is -0.134. The second kappa shape index (κ2) is 7.53. The Morgan fingerprint density at radius 3 is 2.62 bits per heavy atom. The Balaban J connectivity index is 1.53. The van der Waals surface area contributed by atoms with Crippen molar-refractivity contribution in [3.8, 4) is 11.5 Å². The van der Waals surface area contributed by atoms with E-state index in [2.05, 4.69) is 35.8 Å². The van der Waals surface area contributed by atoms with E-state index in [1.165, 1.54) is 12.1 Å². The summed E-state index contributed by atoms with van der Waals surface area (Å²) in [7, 11) is 0. The van der Waals surface area contributed by atoms with Crippen molar-refractivity contribution in [1.82, 2.24) is 19.9 Å². The topological polar surface area (TPSA) is 62.5 Å². The average Bonchev–Trinajstić information content (AvgIpc) is 3.02. The number of carbonyl (C=O) groups excluding carboxylic acids is 1. The van der Waals surface area contributed by atoms with Crippen LogP contribution in [0.5, 0.6) is 0 Å². The first-order valence-corrected chi connectivity index (χ1v) is 8.89. The van der Waals surface area contributed by atoms with Gasteiger partial charge in [0.05, 0.1) is 6.54 Å². The first-order chi connectivity index (χ1) is 12.3. The van der Waals surface area contributed by atoms with Crippen molar-refractivity contribution in [3.63, 3.8) is 0 Å². The number of hydrogen-bond donors (Lipinski definition) is 0. The predicted molar refractivity (Wildman–Crippen MR) is 95.6 cm³/mol. The molecule has 0 bridgehead atoms. The number of hydrogen-bond acceptors (Lipinski definition) is 5. The highest BCUT2D eigenvalue weighted by molar-refractivity contribution is 5.76. The summed E-state index contributed by atoms with van der Waals surface area (Å²) in [5.41, 5.74) is 0.577. The van der Waals surface area contributed by atoms with Crippen molar-refractivity contribution in [2.45, 2.75) is 33.7 Å². The van der Waals surface area contributed by atoms with Gasteiger partial charge in [0, 0.05) is 38.2 Å². The molecule has 2 aromatic rings. The number of rotatable bonds is 4. The molecule has 1 saturated heterocycles. The second-order valence-corrected chi connectivity index (χ2v) is 7.92. The van der Waals surface area contributed by atoms with E-state index in [1.54, 1.807) is 12.1 Å². The van der Waals surface area contributed by atoms with Gasteiger partial charge in [-0.25, -0.2) is 4.39 Å². The Labute approximate surface area is 153 Å². The molecule has 0 unspecified atom stereocenters. The summed E-state index contributed by atoms with van der Waals surface area (Å²) < 4.78 is 18.5. The minimum Gasteiger partial charge on any atom is -0.340 e. The van der Waals surface area contributed by atoms with Gasteiger partial charge in [0.2, 0.25) is 5.91 Å². The molecule has 6 nitrogen and oxygen atoms in total.